The van der Waals surface area contributed by atoms with Crippen LogP contribution in [0, 0.1) is 6.92 Å². The average molecular weight is 222 g/mol. The molecule has 0 amide bonds. The Balaban J connectivity index is 2.10. The van der Waals surface area contributed by atoms with E-state index in [9.17, 15) is 4.79 Å². The number of ketones is 1. The van der Waals surface area contributed by atoms with Crippen molar-refractivity contribution in [1.29, 1.82) is 0 Å². The molecule has 3 heteroatoms. The molecule has 0 fully saturated rings. The third-order valence-corrected chi connectivity index (χ3v) is 3.71. The highest BCUT2D eigenvalue weighted by molar-refractivity contribution is 7.10. The molecule has 0 saturated heterocycles. The van der Waals surface area contributed by atoms with Gasteiger partial charge in [0.1, 0.15) is 0 Å². The Morgan fingerprint density at radius 3 is 2.86 bits per heavy atom. The van der Waals surface area contributed by atoms with Crippen LogP contribution < -0.4 is 0 Å². The lowest BCUT2D eigenvalue weighted by Gasteiger charge is -1.93. The summed E-state index contributed by atoms with van der Waals surface area (Å²) in [6.07, 6.45) is 0.536. The first-order valence-electron chi connectivity index (χ1n) is 4.36. The van der Waals surface area contributed by atoms with E-state index in [1.54, 1.807) is 22.7 Å². The highest BCUT2D eigenvalue weighted by Crippen LogP contribution is 2.17. The Kier molecular flexibility index (Phi) is 2.79. The third-order valence-electron chi connectivity index (χ3n) is 1.97. The molecule has 1 nitrogen and oxygen atoms in total. The van der Waals surface area contributed by atoms with Crippen molar-refractivity contribution >= 4 is 28.5 Å². The molecule has 72 valence electrons. The highest BCUT2D eigenvalue weighted by atomic mass is 32.1. The lowest BCUT2D eigenvalue weighted by molar-refractivity contribution is 0.0994. The summed E-state index contributed by atoms with van der Waals surface area (Å²) in [5.41, 5.74) is 0.848. The molecule has 0 atom stereocenters. The SMILES string of the molecule is Cc1cc(C(=O)Cc2cccs2)cs1. The topological polar surface area (TPSA) is 17.1 Å². The molecular formula is C11H10OS2. The van der Waals surface area contributed by atoms with Crippen molar-refractivity contribution in [2.24, 2.45) is 0 Å². The van der Waals surface area contributed by atoms with Crippen molar-refractivity contribution in [2.75, 3.05) is 0 Å². The van der Waals surface area contributed by atoms with E-state index < -0.39 is 0 Å². The normalized spacial score (nSPS) is 10.4. The van der Waals surface area contributed by atoms with Gasteiger partial charge in [0.05, 0.1) is 0 Å². The van der Waals surface area contributed by atoms with E-state index in [0.29, 0.717) is 6.42 Å². The molecule has 2 aromatic heterocycles. The van der Waals surface area contributed by atoms with Crippen molar-refractivity contribution in [2.45, 2.75) is 13.3 Å². The molecule has 0 N–H and O–H groups in total. The average Bonchev–Trinajstić information content (AvgIpc) is 2.75. The van der Waals surface area contributed by atoms with E-state index in [1.165, 1.54) is 4.88 Å². The number of aryl methyl sites for hydroxylation is 1. The Morgan fingerprint density at radius 1 is 1.43 bits per heavy atom. The summed E-state index contributed by atoms with van der Waals surface area (Å²) in [6, 6.07) is 5.94. The van der Waals surface area contributed by atoms with Crippen LogP contribution in [0.25, 0.3) is 0 Å². The largest absolute Gasteiger partial charge is 0.294 e. The number of hydrogen-bond acceptors (Lipinski definition) is 3. The zero-order valence-electron chi connectivity index (χ0n) is 7.82. The fourth-order valence-electron chi connectivity index (χ4n) is 1.26. The van der Waals surface area contributed by atoms with Crippen LogP contribution in [0.4, 0.5) is 0 Å². The Labute approximate surface area is 91.0 Å². The second-order valence-electron chi connectivity index (χ2n) is 3.13. The zero-order valence-corrected chi connectivity index (χ0v) is 9.45. The predicted octanol–water partition coefficient (Wildman–Crippen LogP) is 3.54. The lowest BCUT2D eigenvalue weighted by atomic mass is 10.1. The fraction of sp³-hybridized carbons (Fsp3) is 0.182. The molecular weight excluding hydrogens is 212 g/mol. The maximum atomic E-state index is 11.7. The summed E-state index contributed by atoms with van der Waals surface area (Å²) < 4.78 is 0. The second-order valence-corrected chi connectivity index (χ2v) is 5.27. The molecule has 0 saturated carbocycles. The molecule has 0 radical (unpaired) electrons. The molecule has 2 heterocycles. The molecule has 2 aromatic rings. The Morgan fingerprint density at radius 2 is 2.29 bits per heavy atom. The number of hydrogen-bond donors (Lipinski definition) is 0. The molecule has 2 rings (SSSR count). The molecule has 0 unspecified atom stereocenters. The minimum absolute atomic E-state index is 0.219. The minimum Gasteiger partial charge on any atom is -0.294 e. The number of rotatable bonds is 3. The Bertz CT molecular complexity index is 426. The van der Waals surface area contributed by atoms with Crippen LogP contribution in [0.3, 0.4) is 0 Å². The summed E-state index contributed by atoms with van der Waals surface area (Å²) >= 11 is 3.26. The van der Waals surface area contributed by atoms with Gasteiger partial charge in [-0.3, -0.25) is 4.79 Å². The van der Waals surface area contributed by atoms with E-state index in [4.69, 9.17) is 0 Å². The number of carbonyl (C=O) groups is 1. The molecule has 0 aliphatic carbocycles. The van der Waals surface area contributed by atoms with Crippen LogP contribution in [-0.2, 0) is 6.42 Å². The molecule has 0 aliphatic heterocycles. The van der Waals surface area contributed by atoms with Crippen molar-refractivity contribution in [3.05, 3.63) is 44.3 Å². The van der Waals surface area contributed by atoms with Gasteiger partial charge in [-0.1, -0.05) is 6.07 Å². The van der Waals surface area contributed by atoms with Crippen molar-refractivity contribution in [3.8, 4) is 0 Å². The van der Waals surface area contributed by atoms with Crippen LogP contribution in [-0.4, -0.2) is 5.78 Å². The van der Waals surface area contributed by atoms with Crippen LogP contribution in [0.1, 0.15) is 20.1 Å². The summed E-state index contributed by atoms with van der Waals surface area (Å²) in [6.45, 7) is 2.02. The standard InChI is InChI=1S/C11H10OS2/c1-8-5-9(7-14-8)11(12)6-10-3-2-4-13-10/h2-5,7H,6H2,1H3. The summed E-state index contributed by atoms with van der Waals surface area (Å²) in [4.78, 5) is 14.1. The molecule has 14 heavy (non-hydrogen) atoms. The number of thiophene rings is 2. The van der Waals surface area contributed by atoms with Gasteiger partial charge in [0.25, 0.3) is 0 Å². The minimum atomic E-state index is 0.219. The Hall–Kier alpha value is -0.930. The van der Waals surface area contributed by atoms with Gasteiger partial charge < -0.3 is 0 Å². The van der Waals surface area contributed by atoms with Crippen LogP contribution >= 0.6 is 22.7 Å². The van der Waals surface area contributed by atoms with Gasteiger partial charge in [0.15, 0.2) is 5.78 Å². The first-order valence-corrected chi connectivity index (χ1v) is 6.12. The molecule has 0 bridgehead atoms. The first-order chi connectivity index (χ1) is 6.75. The lowest BCUT2D eigenvalue weighted by Crippen LogP contribution is -1.99. The monoisotopic (exact) mass is 222 g/mol. The van der Waals surface area contributed by atoms with E-state index in [0.717, 1.165) is 10.4 Å². The highest BCUT2D eigenvalue weighted by Gasteiger charge is 2.08. The van der Waals surface area contributed by atoms with E-state index in [2.05, 4.69) is 0 Å². The van der Waals surface area contributed by atoms with Gasteiger partial charge in [0, 0.05) is 27.1 Å². The first kappa shape index (κ1) is 9.62. The fourth-order valence-corrected chi connectivity index (χ4v) is 2.67. The van der Waals surface area contributed by atoms with E-state index in [-0.39, 0.29) is 5.78 Å². The predicted molar refractivity (Wildman–Crippen MR) is 61.4 cm³/mol. The van der Waals surface area contributed by atoms with E-state index >= 15 is 0 Å². The van der Waals surface area contributed by atoms with Crippen molar-refractivity contribution in [1.82, 2.24) is 0 Å². The molecule has 0 spiro atoms. The van der Waals surface area contributed by atoms with Gasteiger partial charge in [-0.05, 0) is 24.4 Å². The van der Waals surface area contributed by atoms with Gasteiger partial charge in [-0.15, -0.1) is 22.7 Å². The second kappa shape index (κ2) is 4.07. The van der Waals surface area contributed by atoms with Gasteiger partial charge >= 0.3 is 0 Å². The van der Waals surface area contributed by atoms with E-state index in [1.807, 2.05) is 35.9 Å². The number of Topliss-reactive ketones (excluding diaryl/α,β-unsaturated/α-hetero) is 1. The third kappa shape index (κ3) is 2.11. The van der Waals surface area contributed by atoms with Crippen LogP contribution in [0.5, 0.6) is 0 Å². The summed E-state index contributed by atoms with van der Waals surface area (Å²) in [5, 5.41) is 3.94. The van der Waals surface area contributed by atoms with Gasteiger partial charge in [-0.25, -0.2) is 0 Å². The molecule has 0 aromatic carbocycles. The molecule has 0 aliphatic rings. The van der Waals surface area contributed by atoms with Gasteiger partial charge in [0.2, 0.25) is 0 Å². The van der Waals surface area contributed by atoms with Crippen LogP contribution in [0.2, 0.25) is 0 Å². The maximum Gasteiger partial charge on any atom is 0.168 e. The quantitative estimate of drug-likeness (QED) is 0.726. The summed E-state index contributed by atoms with van der Waals surface area (Å²) in [7, 11) is 0. The number of carbonyl (C=O) groups excluding carboxylic acids is 1. The smallest absolute Gasteiger partial charge is 0.168 e. The van der Waals surface area contributed by atoms with Gasteiger partial charge in [-0.2, -0.15) is 0 Å². The summed E-state index contributed by atoms with van der Waals surface area (Å²) in [5.74, 6) is 0.219. The van der Waals surface area contributed by atoms with Crippen molar-refractivity contribution < 1.29 is 4.79 Å². The maximum absolute atomic E-state index is 11.7. The van der Waals surface area contributed by atoms with Crippen LogP contribution in [0.15, 0.2) is 29.0 Å². The zero-order chi connectivity index (χ0) is 9.97. The van der Waals surface area contributed by atoms with Crippen molar-refractivity contribution in [3.63, 3.8) is 0 Å².